The summed E-state index contributed by atoms with van der Waals surface area (Å²) in [5, 5.41) is 5.33. The molecule has 1 aromatic rings. The van der Waals surface area contributed by atoms with Crippen LogP contribution in [0.25, 0.3) is 0 Å². The van der Waals surface area contributed by atoms with E-state index in [0.717, 1.165) is 0 Å². The van der Waals surface area contributed by atoms with Crippen molar-refractivity contribution in [3.8, 4) is 11.5 Å². The second-order valence-electron chi connectivity index (χ2n) is 5.18. The Bertz CT molecular complexity index is 759. The number of nitrogens with one attached hydrogen (secondary N) is 2. The number of benzene rings is 1. The van der Waals surface area contributed by atoms with Crippen molar-refractivity contribution in [2.24, 2.45) is 0 Å². The van der Waals surface area contributed by atoms with E-state index in [-0.39, 0.29) is 13.4 Å². The molecule has 7 nitrogen and oxygen atoms in total. The van der Waals surface area contributed by atoms with Crippen molar-refractivity contribution in [2.75, 3.05) is 13.4 Å². The fraction of sp³-hybridized carbons (Fsp3) is 0.250. The van der Waals surface area contributed by atoms with Crippen LogP contribution in [0.2, 0.25) is 0 Å². The molecule has 2 aliphatic rings. The zero-order valence-corrected chi connectivity index (χ0v) is 14.4. The highest BCUT2D eigenvalue weighted by molar-refractivity contribution is 9.10. The minimum atomic E-state index is -0.681. The van der Waals surface area contributed by atoms with Gasteiger partial charge in [-0.3, -0.25) is 0 Å². The molecule has 0 aromatic heterocycles. The van der Waals surface area contributed by atoms with Gasteiger partial charge in [-0.2, -0.15) is 0 Å². The van der Waals surface area contributed by atoms with Gasteiger partial charge in [0.05, 0.1) is 11.6 Å². The number of hydrogen-bond donors (Lipinski definition) is 2. The first kappa shape index (κ1) is 16.4. The Morgan fingerprint density at radius 3 is 2.88 bits per heavy atom. The first-order chi connectivity index (χ1) is 11.5. The maximum atomic E-state index is 12.4. The van der Waals surface area contributed by atoms with Crippen molar-refractivity contribution < 1.29 is 23.8 Å². The summed E-state index contributed by atoms with van der Waals surface area (Å²) in [6.45, 7) is 5.39. The second kappa shape index (κ2) is 6.56. The van der Waals surface area contributed by atoms with Gasteiger partial charge in [-0.15, -0.1) is 0 Å². The maximum Gasteiger partial charge on any atom is 0.338 e. The van der Waals surface area contributed by atoms with Gasteiger partial charge in [0.2, 0.25) is 6.79 Å². The van der Waals surface area contributed by atoms with Crippen molar-refractivity contribution in [1.29, 1.82) is 0 Å². The molecule has 0 radical (unpaired) electrons. The normalized spacial score (nSPS) is 18.8. The van der Waals surface area contributed by atoms with E-state index in [1.165, 1.54) is 6.08 Å². The highest BCUT2D eigenvalue weighted by atomic mass is 79.9. The average molecular weight is 395 g/mol. The Hall–Kier alpha value is -2.48. The minimum absolute atomic E-state index is 0.0819. The maximum absolute atomic E-state index is 12.4. The van der Waals surface area contributed by atoms with Crippen LogP contribution in [0.3, 0.4) is 0 Å². The molecule has 0 bridgehead atoms. The Morgan fingerprint density at radius 1 is 1.46 bits per heavy atom. The van der Waals surface area contributed by atoms with Gasteiger partial charge in [0.25, 0.3) is 0 Å². The topological polar surface area (TPSA) is 85.9 Å². The Morgan fingerprint density at radius 2 is 2.17 bits per heavy atom. The summed E-state index contributed by atoms with van der Waals surface area (Å²) in [5.41, 5.74) is 1.41. The number of carbonyl (C=O) groups is 2. The molecule has 24 heavy (non-hydrogen) atoms. The molecule has 0 aliphatic carbocycles. The fourth-order valence-corrected chi connectivity index (χ4v) is 3.12. The zero-order valence-electron chi connectivity index (χ0n) is 12.8. The third-order valence-corrected chi connectivity index (χ3v) is 4.31. The van der Waals surface area contributed by atoms with Gasteiger partial charge in [-0.1, -0.05) is 28.6 Å². The Labute approximate surface area is 146 Å². The third kappa shape index (κ3) is 2.96. The lowest BCUT2D eigenvalue weighted by atomic mass is 9.95. The van der Waals surface area contributed by atoms with Gasteiger partial charge in [0, 0.05) is 10.2 Å². The number of amides is 2. The molecule has 0 saturated carbocycles. The van der Waals surface area contributed by atoms with Crippen molar-refractivity contribution in [3.05, 3.63) is 46.1 Å². The number of rotatable bonds is 4. The standard InChI is InChI=1S/C16H15BrN2O5/c1-3-4-22-15(20)13-8(2)18-16(21)19-14(13)9-5-11-12(6-10(9)17)24-7-23-11/h3,5-6,14H,1,4,7H2,2H3,(H2,18,19,21). The summed E-state index contributed by atoms with van der Waals surface area (Å²) >= 11 is 3.46. The molecule has 8 heteroatoms. The van der Waals surface area contributed by atoms with E-state index >= 15 is 0 Å². The van der Waals surface area contributed by atoms with E-state index in [4.69, 9.17) is 14.2 Å². The van der Waals surface area contributed by atoms with E-state index in [2.05, 4.69) is 33.1 Å². The Balaban J connectivity index is 2.03. The predicted octanol–water partition coefficient (Wildman–Crippen LogP) is 2.53. The van der Waals surface area contributed by atoms with Gasteiger partial charge in [0.15, 0.2) is 11.5 Å². The molecular weight excluding hydrogens is 380 g/mol. The first-order valence-corrected chi connectivity index (χ1v) is 7.96. The molecule has 2 amide bonds. The lowest BCUT2D eigenvalue weighted by molar-refractivity contribution is -0.138. The smallest absolute Gasteiger partial charge is 0.338 e. The molecule has 2 aliphatic heterocycles. The largest absolute Gasteiger partial charge is 0.458 e. The summed E-state index contributed by atoms with van der Waals surface area (Å²) in [6.07, 6.45) is 1.48. The molecule has 1 atom stereocenters. The molecule has 1 unspecified atom stereocenters. The first-order valence-electron chi connectivity index (χ1n) is 7.16. The molecule has 1 aromatic carbocycles. The van der Waals surface area contributed by atoms with Gasteiger partial charge in [-0.25, -0.2) is 9.59 Å². The highest BCUT2D eigenvalue weighted by Gasteiger charge is 2.34. The van der Waals surface area contributed by atoms with Crippen LogP contribution in [-0.4, -0.2) is 25.4 Å². The van der Waals surface area contributed by atoms with E-state index in [0.29, 0.717) is 32.8 Å². The van der Waals surface area contributed by atoms with Crippen LogP contribution in [0, 0.1) is 0 Å². The molecule has 2 heterocycles. The average Bonchev–Trinajstić information content (AvgIpc) is 2.98. The summed E-state index contributed by atoms with van der Waals surface area (Å²) in [5.74, 6) is 0.620. The van der Waals surface area contributed by atoms with Gasteiger partial charge in [-0.05, 0) is 24.6 Å². The molecule has 0 fully saturated rings. The van der Waals surface area contributed by atoms with Gasteiger partial charge in [0.1, 0.15) is 6.61 Å². The van der Waals surface area contributed by atoms with Crippen LogP contribution in [0.4, 0.5) is 4.79 Å². The summed E-state index contributed by atoms with van der Waals surface area (Å²) in [4.78, 5) is 24.3. The number of esters is 1. The molecular formula is C16H15BrN2O5. The number of halogens is 1. The van der Waals surface area contributed by atoms with Crippen LogP contribution in [0.15, 0.2) is 40.5 Å². The van der Waals surface area contributed by atoms with Gasteiger partial charge < -0.3 is 24.8 Å². The quantitative estimate of drug-likeness (QED) is 0.605. The number of fused-ring (bicyclic) bond motifs is 1. The number of hydrogen-bond acceptors (Lipinski definition) is 5. The Kier molecular flexibility index (Phi) is 4.48. The summed E-state index contributed by atoms with van der Waals surface area (Å²) < 4.78 is 16.5. The fourth-order valence-electron chi connectivity index (χ4n) is 2.56. The number of urea groups is 1. The second-order valence-corrected chi connectivity index (χ2v) is 6.04. The van der Waals surface area contributed by atoms with E-state index in [1.54, 1.807) is 19.1 Å². The number of allylic oxidation sites excluding steroid dienone is 1. The zero-order chi connectivity index (χ0) is 17.3. The SMILES string of the molecule is C=CCOC(=O)C1=C(C)NC(=O)NC1c1cc2c(cc1Br)OCO2. The molecule has 3 rings (SSSR count). The monoisotopic (exact) mass is 394 g/mol. The lowest BCUT2D eigenvalue weighted by Crippen LogP contribution is -2.45. The van der Waals surface area contributed by atoms with Crippen LogP contribution in [-0.2, 0) is 9.53 Å². The summed E-state index contributed by atoms with van der Waals surface area (Å²) in [7, 11) is 0. The number of ether oxygens (including phenoxy) is 3. The van der Waals surface area contributed by atoms with Crippen LogP contribution in [0.5, 0.6) is 11.5 Å². The van der Waals surface area contributed by atoms with Crippen molar-refractivity contribution >= 4 is 27.9 Å². The molecule has 0 saturated heterocycles. The molecule has 2 N–H and O–H groups in total. The van der Waals surface area contributed by atoms with Crippen molar-refractivity contribution in [2.45, 2.75) is 13.0 Å². The highest BCUT2D eigenvalue weighted by Crippen LogP contribution is 2.41. The van der Waals surface area contributed by atoms with Crippen molar-refractivity contribution in [1.82, 2.24) is 10.6 Å². The van der Waals surface area contributed by atoms with E-state index in [9.17, 15) is 9.59 Å². The molecule has 0 spiro atoms. The third-order valence-electron chi connectivity index (χ3n) is 3.62. The minimum Gasteiger partial charge on any atom is -0.458 e. The summed E-state index contributed by atoms with van der Waals surface area (Å²) in [6, 6.07) is 2.40. The predicted molar refractivity (Wildman–Crippen MR) is 88.5 cm³/mol. The lowest BCUT2D eigenvalue weighted by Gasteiger charge is -2.28. The van der Waals surface area contributed by atoms with E-state index < -0.39 is 18.0 Å². The van der Waals surface area contributed by atoms with Crippen LogP contribution >= 0.6 is 15.9 Å². The van der Waals surface area contributed by atoms with Crippen molar-refractivity contribution in [3.63, 3.8) is 0 Å². The van der Waals surface area contributed by atoms with Crippen LogP contribution in [0.1, 0.15) is 18.5 Å². The van der Waals surface area contributed by atoms with Gasteiger partial charge >= 0.3 is 12.0 Å². The van der Waals surface area contributed by atoms with Crippen LogP contribution < -0.4 is 20.1 Å². The number of carbonyl (C=O) groups excluding carboxylic acids is 2. The molecule has 126 valence electrons. The van der Waals surface area contributed by atoms with E-state index in [1.807, 2.05) is 0 Å².